The van der Waals surface area contributed by atoms with Crippen LogP contribution in [0.2, 0.25) is 0 Å². The normalized spacial score (nSPS) is 29.0. The summed E-state index contributed by atoms with van der Waals surface area (Å²) in [6, 6.07) is 0. The van der Waals surface area contributed by atoms with Gasteiger partial charge in [0.1, 0.15) is 30.0 Å². The number of amides is 1. The number of hydrogen-bond donors (Lipinski definition) is 6. The zero-order valence-corrected chi connectivity index (χ0v) is 33.4. The van der Waals surface area contributed by atoms with Gasteiger partial charge in [-0.1, -0.05) is 58.0 Å². The molecule has 2 aromatic rings. The number of anilines is 1. The molecule has 0 radical (unpaired) electrons. The van der Waals surface area contributed by atoms with Gasteiger partial charge in [0.2, 0.25) is 0 Å². The molecule has 15 heteroatoms. The van der Waals surface area contributed by atoms with E-state index in [4.69, 9.17) is 23.8 Å². The van der Waals surface area contributed by atoms with Gasteiger partial charge in [-0.25, -0.2) is 0 Å². The van der Waals surface area contributed by atoms with Crippen molar-refractivity contribution >= 4 is 40.3 Å². The topological polar surface area (TPSA) is 223 Å². The number of carbonyl (C=O) groups excluding carboxylic acids is 3. The molecule has 0 saturated heterocycles. The molecule has 3 aliphatic heterocycles. The van der Waals surface area contributed by atoms with Gasteiger partial charge in [-0.15, -0.1) is 0 Å². The molecule has 5 rings (SSSR count). The lowest BCUT2D eigenvalue weighted by atomic mass is 9.78. The summed E-state index contributed by atoms with van der Waals surface area (Å²) < 4.78 is 23.4. The molecule has 1 amide bonds. The van der Waals surface area contributed by atoms with Gasteiger partial charge in [0, 0.05) is 61.2 Å². The van der Waals surface area contributed by atoms with E-state index < -0.39 is 88.8 Å². The number of methoxy groups -OCH3 is 1. The standard InChI is InChI=1S/C41H54N2O13/c1-11-16-54-42-18-26-31-36(49)29-28(35(26)48)30-38(24(7)34(29)47)56-41(9,39(30)50)53-17-15-27(52-10)21(4)37(55-25(8)44)23(6)33(46)22(5)32(45)19(2)13-12-14-20(3)40(51)43-31/h12-15,17-19,21-23,27,32-33,37,45-49H,11,16H2,1-10H3,(H,43,51). The Labute approximate surface area is 326 Å². The first-order valence-electron chi connectivity index (χ1n) is 18.6. The first kappa shape index (κ1) is 43.6. The lowest BCUT2D eigenvalue weighted by Crippen LogP contribution is -2.46. The van der Waals surface area contributed by atoms with Gasteiger partial charge in [0.05, 0.1) is 53.0 Å². The Morgan fingerprint density at radius 3 is 2.29 bits per heavy atom. The van der Waals surface area contributed by atoms with Crippen molar-refractivity contribution in [3.63, 3.8) is 0 Å². The van der Waals surface area contributed by atoms with Crippen molar-refractivity contribution in [1.82, 2.24) is 0 Å². The van der Waals surface area contributed by atoms with E-state index >= 15 is 0 Å². The van der Waals surface area contributed by atoms with Crippen molar-refractivity contribution in [2.45, 2.75) is 98.9 Å². The molecule has 9 unspecified atom stereocenters. The number of ether oxygens (including phenoxy) is 4. The number of allylic oxidation sites excluding steroid dienone is 2. The Hall–Kier alpha value is -5.12. The second kappa shape index (κ2) is 17.8. The molecule has 0 aliphatic carbocycles. The van der Waals surface area contributed by atoms with Crippen molar-refractivity contribution in [1.29, 1.82) is 0 Å². The average Bonchev–Trinajstić information content (AvgIpc) is 3.42. The molecule has 0 spiro atoms. The molecular weight excluding hydrogens is 728 g/mol. The van der Waals surface area contributed by atoms with E-state index in [0.29, 0.717) is 6.42 Å². The summed E-state index contributed by atoms with van der Waals surface area (Å²) in [7, 11) is 1.43. The predicted octanol–water partition coefficient (Wildman–Crippen LogP) is 5.51. The Bertz CT molecular complexity index is 1950. The summed E-state index contributed by atoms with van der Waals surface area (Å²) >= 11 is 0. The third-order valence-corrected chi connectivity index (χ3v) is 10.6. The van der Waals surface area contributed by atoms with Crippen LogP contribution in [0.1, 0.15) is 83.3 Å². The largest absolute Gasteiger partial charge is 0.507 e. The SMILES string of the molecule is CCCON=Cc1c2c(O)c3c(O)c(C)c4c(c3c1O)C(=O)C(C)(OC=CC(OC)C(C)C(OC(C)=O)C(C)C(O)C(C)C(O)C(C)C=CC=C(C)C(=O)N2)O4. The first-order valence-corrected chi connectivity index (χ1v) is 18.6. The monoisotopic (exact) mass is 782 g/mol. The van der Waals surface area contributed by atoms with Crippen molar-refractivity contribution in [3.8, 4) is 23.0 Å². The third kappa shape index (κ3) is 8.49. The van der Waals surface area contributed by atoms with Crippen LogP contribution in [0.25, 0.3) is 10.8 Å². The van der Waals surface area contributed by atoms with Gasteiger partial charge >= 0.3 is 11.8 Å². The van der Waals surface area contributed by atoms with Crippen molar-refractivity contribution in [2.75, 3.05) is 19.0 Å². The van der Waals surface area contributed by atoms with E-state index in [-0.39, 0.29) is 51.1 Å². The number of nitrogens with one attached hydrogen (secondary N) is 1. The number of esters is 1. The molecule has 3 aliphatic rings. The van der Waals surface area contributed by atoms with E-state index in [1.807, 2.05) is 6.92 Å². The van der Waals surface area contributed by atoms with Crippen LogP contribution in [0.3, 0.4) is 0 Å². The number of benzene rings is 2. The molecule has 0 aromatic heterocycles. The summed E-state index contributed by atoms with van der Waals surface area (Å²) in [5, 5.41) is 63.6. The summed E-state index contributed by atoms with van der Waals surface area (Å²) in [6.07, 6.45) is 5.13. The lowest BCUT2D eigenvalue weighted by Gasteiger charge is -2.38. The van der Waals surface area contributed by atoms with Crippen molar-refractivity contribution in [3.05, 3.63) is 52.8 Å². The Balaban J connectivity index is 1.97. The minimum absolute atomic E-state index is 0.0363. The van der Waals surface area contributed by atoms with E-state index in [9.17, 15) is 39.9 Å². The van der Waals surface area contributed by atoms with E-state index in [2.05, 4.69) is 10.5 Å². The molecule has 0 fully saturated rings. The summed E-state index contributed by atoms with van der Waals surface area (Å²) in [4.78, 5) is 45.4. The van der Waals surface area contributed by atoms with Gasteiger partial charge in [0.25, 0.3) is 11.7 Å². The molecule has 2 aromatic carbocycles. The molecule has 3 heterocycles. The zero-order chi connectivity index (χ0) is 41.8. The molecule has 5 bridgehead atoms. The number of carbonyl (C=O) groups is 3. The van der Waals surface area contributed by atoms with Gasteiger partial charge in [-0.3, -0.25) is 14.4 Å². The Kier molecular flexibility index (Phi) is 13.8. The van der Waals surface area contributed by atoms with Gasteiger partial charge < -0.3 is 54.6 Å². The number of ketones is 1. The minimum Gasteiger partial charge on any atom is -0.507 e. The van der Waals surface area contributed by atoms with Crippen LogP contribution in [0.4, 0.5) is 5.69 Å². The van der Waals surface area contributed by atoms with E-state index in [1.54, 1.807) is 39.8 Å². The fourth-order valence-corrected chi connectivity index (χ4v) is 7.11. The summed E-state index contributed by atoms with van der Waals surface area (Å²) in [6.45, 7) is 14.5. The lowest BCUT2D eigenvalue weighted by molar-refractivity contribution is -0.160. The highest BCUT2D eigenvalue weighted by atomic mass is 16.7. The van der Waals surface area contributed by atoms with Gasteiger partial charge in [-0.05, 0) is 26.3 Å². The quantitative estimate of drug-likeness (QED) is 0.0532. The molecule has 15 nitrogen and oxygen atoms in total. The number of rotatable bonds is 6. The molecular formula is C41H54N2O13. The Morgan fingerprint density at radius 2 is 1.66 bits per heavy atom. The fourth-order valence-electron chi connectivity index (χ4n) is 7.11. The maximum absolute atomic E-state index is 14.3. The van der Waals surface area contributed by atoms with Crippen LogP contribution in [0, 0.1) is 30.6 Å². The van der Waals surface area contributed by atoms with Crippen LogP contribution in [0.15, 0.2) is 41.3 Å². The number of Topliss-reactive ketones (excluding diaryl/α,β-unsaturated/α-hetero) is 1. The number of aliphatic hydroxyl groups excluding tert-OH is 2. The fraction of sp³-hybridized carbons (Fsp3) is 0.512. The predicted molar refractivity (Wildman–Crippen MR) is 208 cm³/mol. The second-order valence-electron chi connectivity index (χ2n) is 14.7. The van der Waals surface area contributed by atoms with Crippen LogP contribution in [-0.4, -0.2) is 93.3 Å². The molecule has 6 N–H and O–H groups in total. The maximum atomic E-state index is 14.3. The highest BCUT2D eigenvalue weighted by molar-refractivity contribution is 6.23. The minimum atomic E-state index is -2.05. The Morgan fingerprint density at radius 1 is 0.982 bits per heavy atom. The number of nitrogens with zero attached hydrogens (tertiary/aromatic N) is 1. The first-order chi connectivity index (χ1) is 26.3. The number of phenolic OH excluding ortho intramolecular Hbond substituents is 3. The van der Waals surface area contributed by atoms with Gasteiger partial charge in [0.15, 0.2) is 5.75 Å². The van der Waals surface area contributed by atoms with Crippen LogP contribution in [-0.2, 0) is 28.6 Å². The number of hydrogen-bond acceptors (Lipinski definition) is 14. The van der Waals surface area contributed by atoms with E-state index in [0.717, 1.165) is 6.21 Å². The zero-order valence-electron chi connectivity index (χ0n) is 33.4. The number of phenols is 3. The molecule has 56 heavy (non-hydrogen) atoms. The van der Waals surface area contributed by atoms with Crippen LogP contribution in [0.5, 0.6) is 23.0 Å². The van der Waals surface area contributed by atoms with Crippen molar-refractivity contribution < 1.29 is 63.7 Å². The third-order valence-electron chi connectivity index (χ3n) is 10.6. The maximum Gasteiger partial charge on any atom is 0.312 e. The van der Waals surface area contributed by atoms with Crippen LogP contribution < -0.4 is 10.1 Å². The highest BCUT2D eigenvalue weighted by Gasteiger charge is 2.50. The van der Waals surface area contributed by atoms with Gasteiger partial charge in [-0.2, -0.15) is 0 Å². The number of fused-ring (bicyclic) bond motifs is 14. The second-order valence-corrected chi connectivity index (χ2v) is 14.7. The van der Waals surface area contributed by atoms with Crippen LogP contribution >= 0.6 is 0 Å². The number of aromatic hydroxyl groups is 3. The smallest absolute Gasteiger partial charge is 0.312 e. The van der Waals surface area contributed by atoms with E-state index in [1.165, 1.54) is 53.2 Å². The number of aliphatic hydroxyl groups is 2. The summed E-state index contributed by atoms with van der Waals surface area (Å²) in [5.74, 6) is -8.59. The number of oxime groups is 1. The highest BCUT2D eigenvalue weighted by Crippen LogP contribution is 2.55. The summed E-state index contributed by atoms with van der Waals surface area (Å²) in [5.41, 5.74) is -0.591. The molecule has 0 saturated carbocycles. The van der Waals surface area contributed by atoms with Crippen molar-refractivity contribution in [2.24, 2.45) is 28.8 Å². The molecule has 9 atom stereocenters. The molecule has 306 valence electrons. The average molecular weight is 783 g/mol.